The van der Waals surface area contributed by atoms with Gasteiger partial charge >= 0.3 is 0 Å². The van der Waals surface area contributed by atoms with Crippen molar-refractivity contribution >= 4 is 28.5 Å². The van der Waals surface area contributed by atoms with Crippen molar-refractivity contribution in [2.24, 2.45) is 0 Å². The maximum absolute atomic E-state index is 15.3. The average molecular weight is 435 g/mol. The van der Waals surface area contributed by atoms with Crippen LogP contribution in [0.25, 0.3) is 5.57 Å². The Balaban J connectivity index is 1.63. The van der Waals surface area contributed by atoms with E-state index in [1.807, 2.05) is 36.4 Å². The molecule has 32 heavy (non-hydrogen) atoms. The van der Waals surface area contributed by atoms with Crippen LogP contribution >= 0.6 is 0 Å². The van der Waals surface area contributed by atoms with E-state index in [4.69, 9.17) is 0 Å². The predicted octanol–water partition coefficient (Wildman–Crippen LogP) is 5.82. The van der Waals surface area contributed by atoms with Crippen LogP contribution in [0.15, 0.2) is 60.4 Å². The maximum atomic E-state index is 15.3. The summed E-state index contributed by atoms with van der Waals surface area (Å²) in [6, 6.07) is 12.8. The van der Waals surface area contributed by atoms with E-state index in [2.05, 4.69) is 29.5 Å². The van der Waals surface area contributed by atoms with Gasteiger partial charge in [-0.3, -0.25) is 10.2 Å². The van der Waals surface area contributed by atoms with E-state index in [0.717, 1.165) is 56.6 Å². The van der Waals surface area contributed by atoms with Gasteiger partial charge in [0, 0.05) is 42.3 Å². The van der Waals surface area contributed by atoms with Crippen molar-refractivity contribution in [3.63, 3.8) is 0 Å². The minimum atomic E-state index is -0.252. The number of nitrogens with zero attached hydrogens (tertiary/aromatic N) is 2. The third kappa shape index (κ3) is 4.35. The highest BCUT2D eigenvalue weighted by Crippen LogP contribution is 2.39. The number of hydrogen-bond donors (Lipinski definition) is 2. The van der Waals surface area contributed by atoms with Gasteiger partial charge in [-0.15, -0.1) is 0 Å². The number of nitrogens with one attached hydrogen (secondary N) is 2. The molecule has 2 aromatic carbocycles. The molecule has 0 radical (unpaired) electrons. The van der Waals surface area contributed by atoms with Gasteiger partial charge in [0.05, 0.1) is 16.9 Å². The number of rotatable bonds is 9. The summed E-state index contributed by atoms with van der Waals surface area (Å²) in [5.74, 6) is -0.432. The molecule has 0 spiro atoms. The number of carbonyl (C=O) groups is 1. The van der Waals surface area contributed by atoms with E-state index in [1.165, 1.54) is 5.01 Å². The van der Waals surface area contributed by atoms with Gasteiger partial charge in [0.2, 0.25) is 0 Å². The zero-order valence-electron chi connectivity index (χ0n) is 18.8. The summed E-state index contributed by atoms with van der Waals surface area (Å²) < 4.78 is 15.3. The highest BCUT2D eigenvalue weighted by molar-refractivity contribution is 6.19. The molecule has 0 bridgehead atoms. The van der Waals surface area contributed by atoms with Crippen LogP contribution < -0.4 is 20.7 Å². The lowest BCUT2D eigenvalue weighted by Gasteiger charge is -2.33. The van der Waals surface area contributed by atoms with Crippen LogP contribution in [0, 0.1) is 5.82 Å². The number of fused-ring (bicyclic) bond motifs is 3. The third-order valence-corrected chi connectivity index (χ3v) is 5.98. The summed E-state index contributed by atoms with van der Waals surface area (Å²) in [7, 11) is 0. The predicted molar refractivity (Wildman–Crippen MR) is 130 cm³/mol. The average Bonchev–Trinajstić information content (AvgIpc) is 2.82. The van der Waals surface area contributed by atoms with Crippen molar-refractivity contribution in [2.75, 3.05) is 28.3 Å². The summed E-state index contributed by atoms with van der Waals surface area (Å²) in [6.07, 6.45) is 8.92. The fourth-order valence-corrected chi connectivity index (χ4v) is 4.18. The molecule has 0 aromatic heterocycles. The van der Waals surface area contributed by atoms with Crippen LogP contribution in [0.3, 0.4) is 0 Å². The first-order valence-corrected chi connectivity index (χ1v) is 11.6. The van der Waals surface area contributed by atoms with Crippen molar-refractivity contribution in [2.45, 2.75) is 46.0 Å². The first kappa shape index (κ1) is 21.9. The molecule has 0 fully saturated rings. The highest BCUT2D eigenvalue weighted by Gasteiger charge is 2.31. The topological polar surface area (TPSA) is 47.6 Å². The number of hydrazine groups is 1. The van der Waals surface area contributed by atoms with Crippen LogP contribution in [-0.4, -0.2) is 19.0 Å². The SMILES string of the molecule is CCCCCN(CCCC)c1cc2c(cc1F)C1=CNN(c3ccccc3)C(=O)C1=CN2. The summed E-state index contributed by atoms with van der Waals surface area (Å²) in [5.41, 5.74) is 7.16. The van der Waals surface area contributed by atoms with Crippen molar-refractivity contribution < 1.29 is 9.18 Å². The van der Waals surface area contributed by atoms with Crippen LogP contribution in [0.2, 0.25) is 0 Å². The molecule has 5 nitrogen and oxygen atoms in total. The molecule has 4 rings (SSSR count). The number of para-hydroxylation sites is 1. The summed E-state index contributed by atoms with van der Waals surface area (Å²) in [6.45, 7) is 6.01. The molecule has 2 aliphatic heterocycles. The zero-order valence-corrected chi connectivity index (χ0v) is 18.8. The van der Waals surface area contributed by atoms with Crippen LogP contribution in [-0.2, 0) is 4.79 Å². The second-order valence-electron chi connectivity index (χ2n) is 8.26. The Morgan fingerprint density at radius 1 is 0.938 bits per heavy atom. The fraction of sp³-hybridized carbons (Fsp3) is 0.346. The van der Waals surface area contributed by atoms with Crippen molar-refractivity contribution in [1.29, 1.82) is 0 Å². The molecule has 0 aliphatic carbocycles. The van der Waals surface area contributed by atoms with Gasteiger partial charge in [-0.25, -0.2) is 9.40 Å². The Morgan fingerprint density at radius 2 is 1.69 bits per heavy atom. The van der Waals surface area contributed by atoms with Crippen LogP contribution in [0.4, 0.5) is 21.5 Å². The molecule has 0 saturated carbocycles. The minimum Gasteiger partial charge on any atom is -0.369 e. The van der Waals surface area contributed by atoms with E-state index < -0.39 is 0 Å². The molecule has 2 aromatic rings. The standard InChI is InChI=1S/C26H31FN4O/c1-3-5-10-14-30(13-6-4-2)25-16-24-20(15-23(25)27)21-18-29-31(19-11-8-7-9-12-19)26(32)22(21)17-28-24/h7-9,11-12,15-18,28-29H,3-6,10,13-14H2,1-2H3. The second kappa shape index (κ2) is 9.90. The zero-order chi connectivity index (χ0) is 22.5. The highest BCUT2D eigenvalue weighted by atomic mass is 19.1. The number of amides is 1. The smallest absolute Gasteiger partial charge is 0.279 e. The molecule has 0 unspecified atom stereocenters. The van der Waals surface area contributed by atoms with E-state index in [1.54, 1.807) is 18.5 Å². The van der Waals surface area contributed by atoms with Gasteiger partial charge in [-0.2, -0.15) is 0 Å². The Bertz CT molecular complexity index is 1030. The molecular formula is C26H31FN4O. The van der Waals surface area contributed by atoms with Crippen LogP contribution in [0.5, 0.6) is 0 Å². The second-order valence-corrected chi connectivity index (χ2v) is 8.26. The lowest BCUT2D eigenvalue weighted by atomic mass is 9.92. The van der Waals surface area contributed by atoms with Gasteiger partial charge in [-0.05, 0) is 37.1 Å². The van der Waals surface area contributed by atoms with E-state index in [9.17, 15) is 4.79 Å². The summed E-state index contributed by atoms with van der Waals surface area (Å²) in [5, 5.41) is 4.73. The molecule has 6 heteroatoms. The maximum Gasteiger partial charge on any atom is 0.279 e. The first-order valence-electron chi connectivity index (χ1n) is 11.6. The number of unbranched alkanes of at least 4 members (excludes halogenated alkanes) is 3. The molecule has 168 valence electrons. The third-order valence-electron chi connectivity index (χ3n) is 5.98. The molecule has 2 N–H and O–H groups in total. The fourth-order valence-electron chi connectivity index (χ4n) is 4.18. The van der Waals surface area contributed by atoms with Gasteiger partial charge in [0.25, 0.3) is 5.91 Å². The Hall–Kier alpha value is -3.28. The Kier molecular flexibility index (Phi) is 6.78. The summed E-state index contributed by atoms with van der Waals surface area (Å²) >= 11 is 0. The number of hydrogen-bond acceptors (Lipinski definition) is 4. The Labute approximate surface area is 189 Å². The van der Waals surface area contributed by atoms with E-state index in [0.29, 0.717) is 22.4 Å². The molecule has 1 amide bonds. The van der Waals surface area contributed by atoms with E-state index >= 15 is 4.39 Å². The number of halogens is 1. The number of carbonyl (C=O) groups excluding carboxylic acids is 1. The monoisotopic (exact) mass is 434 g/mol. The van der Waals surface area contributed by atoms with Crippen molar-refractivity contribution in [3.05, 3.63) is 71.8 Å². The van der Waals surface area contributed by atoms with Gasteiger partial charge in [-0.1, -0.05) is 51.3 Å². The lowest BCUT2D eigenvalue weighted by Crippen LogP contribution is -2.45. The van der Waals surface area contributed by atoms with Crippen molar-refractivity contribution in [1.82, 2.24) is 5.43 Å². The normalized spacial score (nSPS) is 14.6. The Morgan fingerprint density at radius 3 is 2.44 bits per heavy atom. The summed E-state index contributed by atoms with van der Waals surface area (Å²) in [4.78, 5) is 15.3. The molecule has 2 heterocycles. The molecule has 0 saturated heterocycles. The minimum absolute atomic E-state index is 0.180. The number of anilines is 3. The van der Waals surface area contributed by atoms with Gasteiger partial charge < -0.3 is 10.2 Å². The van der Waals surface area contributed by atoms with Crippen LogP contribution in [0.1, 0.15) is 51.5 Å². The van der Waals surface area contributed by atoms with E-state index in [-0.39, 0.29) is 11.7 Å². The van der Waals surface area contributed by atoms with Gasteiger partial charge in [0.1, 0.15) is 5.82 Å². The largest absolute Gasteiger partial charge is 0.369 e. The quantitative estimate of drug-likeness (QED) is 0.488. The molecular weight excluding hydrogens is 403 g/mol. The molecule has 2 aliphatic rings. The van der Waals surface area contributed by atoms with Crippen molar-refractivity contribution in [3.8, 4) is 0 Å². The molecule has 0 atom stereocenters. The first-order chi connectivity index (χ1) is 15.6. The lowest BCUT2D eigenvalue weighted by molar-refractivity contribution is -0.115. The number of benzene rings is 2. The van der Waals surface area contributed by atoms with Gasteiger partial charge in [0.15, 0.2) is 0 Å².